The number of nitrogen functional groups attached to an aromatic ring is 1. The van der Waals surface area contributed by atoms with Gasteiger partial charge in [-0.2, -0.15) is 0 Å². The molecule has 3 N–H and O–H groups in total. The number of aromatic nitrogens is 2. The summed E-state index contributed by atoms with van der Waals surface area (Å²) in [5.41, 5.74) is 10.2. The van der Waals surface area contributed by atoms with Crippen LogP contribution in [0.25, 0.3) is 11.1 Å². The molecule has 1 aromatic carbocycles. The number of ketones is 1. The lowest BCUT2D eigenvalue weighted by molar-refractivity contribution is 0.0987. The summed E-state index contributed by atoms with van der Waals surface area (Å²) < 4.78 is 0. The van der Waals surface area contributed by atoms with E-state index in [1.165, 1.54) is 6.20 Å². The van der Waals surface area contributed by atoms with Gasteiger partial charge in [0.2, 0.25) is 0 Å². The minimum Gasteiger partial charge on any atom is -0.398 e. The Morgan fingerprint density at radius 3 is 2.52 bits per heavy atom. The van der Waals surface area contributed by atoms with Crippen LogP contribution >= 0.6 is 0 Å². The van der Waals surface area contributed by atoms with Crippen LogP contribution in [0.15, 0.2) is 55.1 Å². The first-order chi connectivity index (χ1) is 13.0. The predicted octanol–water partition coefficient (Wildman–Crippen LogP) is 3.88. The number of nitrogens with two attached hydrogens (primary N) is 1. The maximum atomic E-state index is 12.8. The van der Waals surface area contributed by atoms with E-state index in [1.807, 2.05) is 19.1 Å². The van der Waals surface area contributed by atoms with Gasteiger partial charge in [0.25, 0.3) is 5.91 Å². The molecule has 0 bridgehead atoms. The van der Waals surface area contributed by atoms with Crippen molar-refractivity contribution >= 4 is 23.1 Å². The van der Waals surface area contributed by atoms with Crippen LogP contribution < -0.4 is 11.1 Å². The molecule has 0 aliphatic heterocycles. The molecule has 6 heteroatoms. The largest absolute Gasteiger partial charge is 0.398 e. The molecule has 6 nitrogen and oxygen atoms in total. The van der Waals surface area contributed by atoms with Crippen molar-refractivity contribution in [2.45, 2.75) is 20.3 Å². The van der Waals surface area contributed by atoms with Crippen molar-refractivity contribution in [2.24, 2.45) is 0 Å². The Bertz CT molecular complexity index is 1000. The van der Waals surface area contributed by atoms with E-state index in [2.05, 4.69) is 15.3 Å². The summed E-state index contributed by atoms with van der Waals surface area (Å²) in [6, 6.07) is 8.88. The van der Waals surface area contributed by atoms with E-state index in [4.69, 9.17) is 5.73 Å². The standard InChI is InChI=1S/C21H20N4O2/c1-3-18(26)19-13(2)6-7-16(20(19)22)15-8-10-24-12-17(15)21(27)25-14-5-4-9-23-11-14/h4-12H,3,22H2,1-2H3,(H,25,27). The Kier molecular flexibility index (Phi) is 5.26. The van der Waals surface area contributed by atoms with E-state index in [9.17, 15) is 9.59 Å². The first-order valence-corrected chi connectivity index (χ1v) is 8.61. The van der Waals surface area contributed by atoms with E-state index in [0.29, 0.717) is 40.0 Å². The van der Waals surface area contributed by atoms with Crippen LogP contribution in [0.2, 0.25) is 0 Å². The zero-order valence-electron chi connectivity index (χ0n) is 15.2. The van der Waals surface area contributed by atoms with Crippen LogP contribution in [0.5, 0.6) is 0 Å². The van der Waals surface area contributed by atoms with Crippen LogP contribution in [-0.2, 0) is 0 Å². The van der Waals surface area contributed by atoms with E-state index < -0.39 is 0 Å². The fourth-order valence-electron chi connectivity index (χ4n) is 2.96. The predicted molar refractivity (Wildman–Crippen MR) is 106 cm³/mol. The van der Waals surface area contributed by atoms with Gasteiger partial charge in [-0.25, -0.2) is 0 Å². The van der Waals surface area contributed by atoms with Gasteiger partial charge in [-0.05, 0) is 36.2 Å². The van der Waals surface area contributed by atoms with Crippen molar-refractivity contribution in [3.8, 4) is 11.1 Å². The van der Waals surface area contributed by atoms with Gasteiger partial charge in [0.15, 0.2) is 5.78 Å². The van der Waals surface area contributed by atoms with Crippen LogP contribution in [-0.4, -0.2) is 21.7 Å². The zero-order valence-corrected chi connectivity index (χ0v) is 15.2. The lowest BCUT2D eigenvalue weighted by atomic mass is 9.92. The SMILES string of the molecule is CCC(=O)c1c(C)ccc(-c2ccncc2C(=O)Nc2cccnc2)c1N. The van der Waals surface area contributed by atoms with Crippen molar-refractivity contribution in [2.75, 3.05) is 11.1 Å². The molecular weight excluding hydrogens is 340 g/mol. The number of carbonyl (C=O) groups is 2. The van der Waals surface area contributed by atoms with Gasteiger partial charge in [-0.3, -0.25) is 19.6 Å². The van der Waals surface area contributed by atoms with Crippen molar-refractivity contribution in [3.63, 3.8) is 0 Å². The highest BCUT2D eigenvalue weighted by Gasteiger charge is 2.19. The molecule has 0 aliphatic carbocycles. The fourth-order valence-corrected chi connectivity index (χ4v) is 2.96. The number of hydrogen-bond acceptors (Lipinski definition) is 5. The third-order valence-corrected chi connectivity index (χ3v) is 4.33. The molecule has 0 saturated heterocycles. The molecule has 3 aromatic rings. The number of nitrogens with one attached hydrogen (secondary N) is 1. The normalized spacial score (nSPS) is 10.4. The molecule has 2 aromatic heterocycles. The number of anilines is 2. The Balaban J connectivity index is 2.07. The molecule has 0 saturated carbocycles. The molecule has 1 amide bonds. The highest BCUT2D eigenvalue weighted by molar-refractivity contribution is 6.11. The summed E-state index contributed by atoms with van der Waals surface area (Å²) in [6.45, 7) is 3.65. The Morgan fingerprint density at radius 1 is 1.04 bits per heavy atom. The lowest BCUT2D eigenvalue weighted by Gasteiger charge is -2.15. The smallest absolute Gasteiger partial charge is 0.257 e. The number of amides is 1. The number of benzene rings is 1. The summed E-state index contributed by atoms with van der Waals surface area (Å²) in [7, 11) is 0. The second kappa shape index (κ2) is 7.78. The topological polar surface area (TPSA) is 98.0 Å². The Morgan fingerprint density at radius 2 is 1.81 bits per heavy atom. The number of Topliss-reactive ketones (excluding diaryl/α,β-unsaturated/α-hetero) is 1. The van der Waals surface area contributed by atoms with Crippen molar-refractivity contribution < 1.29 is 9.59 Å². The second-order valence-electron chi connectivity index (χ2n) is 6.11. The van der Waals surface area contributed by atoms with Gasteiger partial charge >= 0.3 is 0 Å². The molecule has 0 aliphatic rings. The van der Waals surface area contributed by atoms with Gasteiger partial charge in [0, 0.05) is 36.1 Å². The second-order valence-corrected chi connectivity index (χ2v) is 6.11. The van der Waals surface area contributed by atoms with Crippen molar-refractivity contribution in [1.82, 2.24) is 9.97 Å². The first kappa shape index (κ1) is 18.3. The summed E-state index contributed by atoms with van der Waals surface area (Å²) in [4.78, 5) is 33.2. The molecule has 27 heavy (non-hydrogen) atoms. The molecular formula is C21H20N4O2. The maximum absolute atomic E-state index is 12.8. The monoisotopic (exact) mass is 360 g/mol. The molecule has 0 radical (unpaired) electrons. The highest BCUT2D eigenvalue weighted by Crippen LogP contribution is 2.33. The fraction of sp³-hybridized carbons (Fsp3) is 0.143. The number of hydrogen-bond donors (Lipinski definition) is 2. The molecule has 3 rings (SSSR count). The van der Waals surface area contributed by atoms with Crippen LogP contribution in [0, 0.1) is 6.92 Å². The zero-order chi connectivity index (χ0) is 19.4. The lowest BCUT2D eigenvalue weighted by Crippen LogP contribution is -2.14. The van der Waals surface area contributed by atoms with Crippen molar-refractivity contribution in [3.05, 3.63) is 71.8 Å². The molecule has 0 atom stereocenters. The number of aryl methyl sites for hydroxylation is 1. The van der Waals surface area contributed by atoms with E-state index in [0.717, 1.165) is 5.56 Å². The summed E-state index contributed by atoms with van der Waals surface area (Å²) in [5, 5.41) is 2.80. The van der Waals surface area contributed by atoms with Crippen molar-refractivity contribution in [1.29, 1.82) is 0 Å². The Hall–Kier alpha value is -3.54. The van der Waals surface area contributed by atoms with Crippen LogP contribution in [0.4, 0.5) is 11.4 Å². The number of nitrogens with zero attached hydrogens (tertiary/aromatic N) is 2. The van der Waals surface area contributed by atoms with Crippen LogP contribution in [0.3, 0.4) is 0 Å². The molecule has 0 fully saturated rings. The maximum Gasteiger partial charge on any atom is 0.257 e. The molecule has 0 unspecified atom stereocenters. The highest BCUT2D eigenvalue weighted by atomic mass is 16.1. The van der Waals surface area contributed by atoms with E-state index >= 15 is 0 Å². The minimum atomic E-state index is -0.325. The first-order valence-electron chi connectivity index (χ1n) is 8.61. The number of carbonyl (C=O) groups excluding carboxylic acids is 2. The minimum absolute atomic E-state index is 0.0257. The average molecular weight is 360 g/mol. The summed E-state index contributed by atoms with van der Waals surface area (Å²) in [6.07, 6.45) is 6.63. The van der Waals surface area contributed by atoms with Crippen LogP contribution in [0.1, 0.15) is 39.6 Å². The summed E-state index contributed by atoms with van der Waals surface area (Å²) >= 11 is 0. The average Bonchev–Trinajstić information content (AvgIpc) is 2.68. The van der Waals surface area contributed by atoms with E-state index in [-0.39, 0.29) is 11.7 Å². The molecule has 2 heterocycles. The van der Waals surface area contributed by atoms with E-state index in [1.54, 1.807) is 43.7 Å². The molecule has 136 valence electrons. The quantitative estimate of drug-likeness (QED) is 0.531. The van der Waals surface area contributed by atoms with Gasteiger partial charge in [0.1, 0.15) is 0 Å². The third kappa shape index (κ3) is 3.69. The third-order valence-electron chi connectivity index (χ3n) is 4.33. The van der Waals surface area contributed by atoms with Gasteiger partial charge in [-0.1, -0.05) is 19.1 Å². The number of rotatable bonds is 5. The molecule has 0 spiro atoms. The van der Waals surface area contributed by atoms with Gasteiger partial charge in [-0.15, -0.1) is 0 Å². The number of pyridine rings is 2. The van der Waals surface area contributed by atoms with Gasteiger partial charge in [0.05, 0.1) is 23.1 Å². The Labute approximate surface area is 157 Å². The van der Waals surface area contributed by atoms with Gasteiger partial charge < -0.3 is 11.1 Å². The summed E-state index contributed by atoms with van der Waals surface area (Å²) in [5.74, 6) is -0.350.